The number of hydrogen-bond donors (Lipinski definition) is 1. The Kier molecular flexibility index (Phi) is 14.6. The summed E-state index contributed by atoms with van der Waals surface area (Å²) in [6, 6.07) is 25.2. The molecule has 4 aromatic rings. The monoisotopic (exact) mass is 890 g/mol. The van der Waals surface area contributed by atoms with Gasteiger partial charge in [0.2, 0.25) is 15.9 Å². The summed E-state index contributed by atoms with van der Waals surface area (Å²) in [5, 5.41) is 12.1. The Bertz CT molecular complexity index is 2340. The lowest BCUT2D eigenvalue weighted by molar-refractivity contribution is -0.146. The Morgan fingerprint density at radius 2 is 1.56 bits per heavy atom. The molecule has 1 unspecified atom stereocenters. The van der Waals surface area contributed by atoms with Crippen LogP contribution >= 0.6 is 8.53 Å². The second kappa shape index (κ2) is 19.3. The largest absolute Gasteiger partial charge is 0.497 e. The molecule has 0 spiro atoms. The summed E-state index contributed by atoms with van der Waals surface area (Å²) in [5.41, 5.74) is -1.41. The van der Waals surface area contributed by atoms with Crippen molar-refractivity contribution in [3.63, 3.8) is 0 Å². The van der Waals surface area contributed by atoms with Gasteiger partial charge in [-0.05, 0) is 75.6 Å². The number of fused-ring (bicyclic) bond motifs is 2. The standard InChI is InChI=1S/C44H55N6O10PS/c1-29(2)50(30(3)4)61(58-25-13-24-45)60-39-38-41(49-26-31(5)40(46-32(6)51)47-42(49)52)59-43(39,28-62(53,54)48(38)7)27-57-44(33-14-11-10-12-15-33,34-16-20-36(55-8)21-17-34)35-18-22-37(56-9)23-19-35/h10-12,14-23,26,29-30,38-39,41H,13,25,27-28H2,1-9H3,(H,46,47,51,52)/t38-,39+,41-,43+,61?/m1/s1. The molecule has 2 bridgehead atoms. The Morgan fingerprint density at radius 3 is 2.08 bits per heavy atom. The number of nitrogens with one attached hydrogen (secondary N) is 1. The van der Waals surface area contributed by atoms with Crippen molar-refractivity contribution in [1.82, 2.24) is 18.5 Å². The molecule has 1 amide bonds. The van der Waals surface area contributed by atoms with Crippen LogP contribution in [0.4, 0.5) is 5.82 Å². The number of methoxy groups -OCH3 is 2. The fourth-order valence-corrected chi connectivity index (χ4v) is 11.7. The van der Waals surface area contributed by atoms with Crippen LogP contribution in [0.3, 0.4) is 0 Å². The third-order valence-corrected chi connectivity index (χ3v) is 15.1. The molecule has 3 aromatic carbocycles. The topological polar surface area (TPSA) is 184 Å². The predicted octanol–water partition coefficient (Wildman–Crippen LogP) is 6.11. The van der Waals surface area contributed by atoms with Crippen molar-refractivity contribution < 1.29 is 41.2 Å². The zero-order valence-electron chi connectivity index (χ0n) is 36.5. The molecular weight excluding hydrogens is 836 g/mol. The summed E-state index contributed by atoms with van der Waals surface area (Å²) >= 11 is 0. The number of rotatable bonds is 18. The number of sulfonamides is 1. The van der Waals surface area contributed by atoms with Crippen LogP contribution in [0.5, 0.6) is 11.5 Å². The van der Waals surface area contributed by atoms with Gasteiger partial charge in [0.1, 0.15) is 34.6 Å². The van der Waals surface area contributed by atoms with Gasteiger partial charge in [-0.25, -0.2) is 17.9 Å². The first-order valence-corrected chi connectivity index (χ1v) is 23.0. The van der Waals surface area contributed by atoms with E-state index < -0.39 is 65.5 Å². The number of hydrogen-bond acceptors (Lipinski definition) is 13. The van der Waals surface area contributed by atoms with Crippen molar-refractivity contribution in [2.75, 3.05) is 45.6 Å². The average molecular weight is 891 g/mol. The highest BCUT2D eigenvalue weighted by molar-refractivity contribution is 7.89. The van der Waals surface area contributed by atoms with Crippen LogP contribution in [0, 0.1) is 18.3 Å². The van der Waals surface area contributed by atoms with Gasteiger partial charge in [0, 0.05) is 37.8 Å². The summed E-state index contributed by atoms with van der Waals surface area (Å²) in [6.45, 7) is 10.7. The third kappa shape index (κ3) is 9.29. The number of carbonyl (C=O) groups excluding carboxylic acids is 1. The molecule has 1 aromatic heterocycles. The molecule has 332 valence electrons. The zero-order valence-corrected chi connectivity index (χ0v) is 38.2. The van der Waals surface area contributed by atoms with Gasteiger partial charge in [0.05, 0.1) is 51.7 Å². The van der Waals surface area contributed by atoms with E-state index in [9.17, 15) is 23.3 Å². The number of anilines is 1. The number of aryl methyl sites for hydroxylation is 1. The minimum absolute atomic E-state index is 0.0523. The number of carbonyl (C=O) groups is 1. The van der Waals surface area contributed by atoms with Crippen LogP contribution in [0.1, 0.15) is 69.5 Å². The second-order valence-electron chi connectivity index (χ2n) is 15.8. The Hall–Kier alpha value is -4.76. The molecule has 1 N–H and O–H groups in total. The van der Waals surface area contributed by atoms with Crippen molar-refractivity contribution in [3.8, 4) is 17.6 Å². The van der Waals surface area contributed by atoms with E-state index in [0.29, 0.717) is 28.2 Å². The number of aromatic nitrogens is 2. The first-order chi connectivity index (χ1) is 29.5. The van der Waals surface area contributed by atoms with E-state index in [1.807, 2.05) is 111 Å². The van der Waals surface area contributed by atoms with Gasteiger partial charge in [-0.15, -0.1) is 0 Å². The normalized spacial score (nSPS) is 21.5. The van der Waals surface area contributed by atoms with Crippen molar-refractivity contribution >= 4 is 30.3 Å². The molecule has 2 fully saturated rings. The average Bonchev–Trinajstić information content (AvgIpc) is 3.49. The molecule has 3 heterocycles. The summed E-state index contributed by atoms with van der Waals surface area (Å²) < 4.78 is 72.5. The van der Waals surface area contributed by atoms with Crippen LogP contribution in [-0.4, -0.2) is 103 Å². The van der Waals surface area contributed by atoms with Crippen molar-refractivity contribution in [3.05, 3.63) is 118 Å². The predicted molar refractivity (Wildman–Crippen MR) is 234 cm³/mol. The molecule has 62 heavy (non-hydrogen) atoms. The minimum atomic E-state index is -4.13. The quantitative estimate of drug-likeness (QED) is 0.0687. The Balaban J connectivity index is 1.59. The van der Waals surface area contributed by atoms with Crippen molar-refractivity contribution in [1.29, 1.82) is 5.26 Å². The maximum Gasteiger partial charge on any atom is 0.351 e. The van der Waals surface area contributed by atoms with E-state index in [4.69, 9.17) is 28.0 Å². The van der Waals surface area contributed by atoms with E-state index in [1.165, 1.54) is 29.0 Å². The van der Waals surface area contributed by atoms with Gasteiger partial charge in [0.15, 0.2) is 6.23 Å². The summed E-state index contributed by atoms with van der Waals surface area (Å²) in [5.74, 6) is 0.290. The van der Waals surface area contributed by atoms with E-state index in [-0.39, 0.29) is 37.5 Å². The molecule has 0 radical (unpaired) electrons. The fraction of sp³-hybridized carbons (Fsp3) is 0.455. The first-order valence-electron chi connectivity index (χ1n) is 20.3. The molecule has 0 saturated carbocycles. The van der Waals surface area contributed by atoms with Gasteiger partial charge in [0.25, 0.3) is 8.53 Å². The number of ether oxygens (including phenoxy) is 4. The molecule has 5 atom stereocenters. The van der Waals surface area contributed by atoms with Crippen LogP contribution in [0.15, 0.2) is 89.9 Å². The van der Waals surface area contributed by atoms with Crippen LogP contribution < -0.4 is 20.5 Å². The van der Waals surface area contributed by atoms with E-state index >= 15 is 0 Å². The smallest absolute Gasteiger partial charge is 0.351 e. The highest BCUT2D eigenvalue weighted by Gasteiger charge is 2.67. The maximum absolute atomic E-state index is 14.5. The number of likely N-dealkylation sites (N-methyl/N-ethyl adjacent to an activating group) is 1. The molecule has 18 heteroatoms. The van der Waals surface area contributed by atoms with Gasteiger partial charge in [-0.2, -0.15) is 14.6 Å². The SMILES string of the molecule is COc1ccc(C(OC[C@@]23CS(=O)(=O)N(C)[C@@H]([C@H](n4cc(C)c(NC(C)=O)nc4=O)O2)[C@@H]3OP(OCCC#N)N(C(C)C)C(C)C)(c2ccccc2)c2ccc(OC)cc2)cc1. The summed E-state index contributed by atoms with van der Waals surface area (Å²) in [7, 11) is -1.52. The van der Waals surface area contributed by atoms with Crippen LogP contribution in [-0.2, 0) is 38.9 Å². The van der Waals surface area contributed by atoms with Crippen molar-refractivity contribution in [2.45, 2.75) is 89.6 Å². The molecule has 2 saturated heterocycles. The molecule has 2 aliphatic rings. The van der Waals surface area contributed by atoms with Gasteiger partial charge in [-0.3, -0.25) is 9.36 Å². The van der Waals surface area contributed by atoms with Gasteiger partial charge < -0.3 is 33.3 Å². The number of benzene rings is 3. The molecule has 2 aliphatic heterocycles. The summed E-state index contributed by atoms with van der Waals surface area (Å²) in [4.78, 5) is 30.2. The number of amides is 1. The number of nitriles is 1. The lowest BCUT2D eigenvalue weighted by Gasteiger charge is -2.46. The van der Waals surface area contributed by atoms with Gasteiger partial charge in [-0.1, -0.05) is 54.6 Å². The first kappa shape index (κ1) is 46.7. The summed E-state index contributed by atoms with van der Waals surface area (Å²) in [6.07, 6.45) is -0.822. The van der Waals surface area contributed by atoms with Gasteiger partial charge >= 0.3 is 5.69 Å². The van der Waals surface area contributed by atoms with Crippen LogP contribution in [0.2, 0.25) is 0 Å². The fourth-order valence-electron chi connectivity index (χ4n) is 8.20. The van der Waals surface area contributed by atoms with E-state index in [2.05, 4.69) is 16.4 Å². The lowest BCUT2D eigenvalue weighted by atomic mass is 9.79. The maximum atomic E-state index is 14.5. The molecule has 16 nitrogen and oxygen atoms in total. The Labute approximate surface area is 364 Å². The lowest BCUT2D eigenvalue weighted by Crippen LogP contribution is -2.63. The van der Waals surface area contributed by atoms with E-state index in [1.54, 1.807) is 21.1 Å². The zero-order chi connectivity index (χ0) is 45.0. The third-order valence-electron chi connectivity index (χ3n) is 11.0. The molecular formula is C44H55N6O10PS. The highest BCUT2D eigenvalue weighted by atomic mass is 32.2. The second-order valence-corrected chi connectivity index (χ2v) is 19.3. The Morgan fingerprint density at radius 1 is 1.00 bits per heavy atom. The van der Waals surface area contributed by atoms with Crippen molar-refractivity contribution in [2.24, 2.45) is 0 Å². The number of nitrogens with zero attached hydrogens (tertiary/aromatic N) is 5. The minimum Gasteiger partial charge on any atom is -0.497 e. The molecule has 6 rings (SSSR count). The van der Waals surface area contributed by atoms with Crippen LogP contribution in [0.25, 0.3) is 0 Å². The highest BCUT2D eigenvalue weighted by Crippen LogP contribution is 2.56. The van der Waals surface area contributed by atoms with E-state index in [0.717, 1.165) is 5.56 Å². The molecule has 0 aliphatic carbocycles.